The molecule has 5 nitrogen and oxygen atoms in total. The van der Waals surface area contributed by atoms with Crippen LogP contribution in [0.25, 0.3) is 6.08 Å². The summed E-state index contributed by atoms with van der Waals surface area (Å²) in [6, 6.07) is 24.6. The molecule has 1 fully saturated rings. The number of carbonyl (C=O) groups is 2. The van der Waals surface area contributed by atoms with E-state index in [0.29, 0.717) is 22.8 Å². The van der Waals surface area contributed by atoms with Gasteiger partial charge in [-0.2, -0.15) is 5.01 Å². The number of nitrogens with one attached hydrogen (secondary N) is 1. The molecule has 0 bridgehead atoms. The quantitative estimate of drug-likeness (QED) is 0.409. The maximum absolute atomic E-state index is 12.9. The van der Waals surface area contributed by atoms with Crippen molar-refractivity contribution in [3.8, 4) is 5.75 Å². The first-order valence-electron chi connectivity index (χ1n) is 9.92. The first kappa shape index (κ1) is 21.8. The summed E-state index contributed by atoms with van der Waals surface area (Å²) in [4.78, 5) is 25.9. The monoisotopic (exact) mass is 460 g/mol. The molecule has 0 saturated carbocycles. The summed E-state index contributed by atoms with van der Waals surface area (Å²) in [5.74, 6) is -0.0413. The summed E-state index contributed by atoms with van der Waals surface area (Å²) in [6.07, 6.45) is 1.74. The molecule has 1 aliphatic rings. The van der Waals surface area contributed by atoms with E-state index in [1.165, 1.54) is 0 Å². The van der Waals surface area contributed by atoms with Gasteiger partial charge in [-0.05, 0) is 60.1 Å². The van der Waals surface area contributed by atoms with Crippen LogP contribution in [-0.2, 0) is 11.4 Å². The van der Waals surface area contributed by atoms with Crippen molar-refractivity contribution in [1.29, 1.82) is 0 Å². The zero-order chi connectivity index (χ0) is 22.5. The summed E-state index contributed by atoms with van der Waals surface area (Å²) < 4.78 is 6.14. The van der Waals surface area contributed by atoms with Gasteiger partial charge in [-0.1, -0.05) is 72.4 Å². The van der Waals surface area contributed by atoms with Crippen LogP contribution in [0, 0.1) is 6.92 Å². The number of hydrazine groups is 1. The average Bonchev–Trinajstić information content (AvgIpc) is 3.06. The molecule has 0 aliphatic carbocycles. The summed E-state index contributed by atoms with van der Waals surface area (Å²) in [6.45, 7) is 2.29. The van der Waals surface area contributed by atoms with Crippen LogP contribution in [-0.4, -0.2) is 21.1 Å². The Balaban J connectivity index is 1.45. The minimum absolute atomic E-state index is 0.277. The van der Waals surface area contributed by atoms with Crippen LogP contribution >= 0.6 is 24.0 Å². The number of ether oxygens (including phenoxy) is 1. The molecule has 3 aromatic rings. The van der Waals surface area contributed by atoms with Crippen molar-refractivity contribution >= 4 is 46.2 Å². The topological polar surface area (TPSA) is 58.6 Å². The zero-order valence-corrected chi connectivity index (χ0v) is 18.9. The third-order valence-electron chi connectivity index (χ3n) is 4.80. The van der Waals surface area contributed by atoms with Crippen molar-refractivity contribution in [1.82, 2.24) is 10.4 Å². The average molecular weight is 461 g/mol. The summed E-state index contributed by atoms with van der Waals surface area (Å²) in [5, 5.41) is 1.12. The number of hydrogen-bond acceptors (Lipinski definition) is 5. The molecule has 1 N–H and O–H groups in total. The standard InChI is InChI=1S/C25H20N2O3S2/c1-17-8-5-6-13-21(17)23(28)26-27-24(29)22(32-25(27)31)15-19-11-7-12-20(14-19)30-16-18-9-3-2-4-10-18/h2-15H,16H2,1H3,(H,26,28)/b22-15-. The molecule has 0 unspecified atom stereocenters. The van der Waals surface area contributed by atoms with E-state index in [1.54, 1.807) is 18.2 Å². The van der Waals surface area contributed by atoms with E-state index in [2.05, 4.69) is 5.43 Å². The fourth-order valence-corrected chi connectivity index (χ4v) is 4.32. The molecule has 1 aliphatic heterocycles. The summed E-state index contributed by atoms with van der Waals surface area (Å²) in [7, 11) is 0. The Bertz CT molecular complexity index is 1210. The SMILES string of the molecule is Cc1ccccc1C(=O)NN1C(=O)/C(=C/c2cccc(OCc3ccccc3)c2)SC1=S. The van der Waals surface area contributed by atoms with Gasteiger partial charge < -0.3 is 4.74 Å². The molecule has 0 atom stereocenters. The smallest absolute Gasteiger partial charge is 0.285 e. The van der Waals surface area contributed by atoms with Crippen molar-refractivity contribution in [2.45, 2.75) is 13.5 Å². The molecule has 0 radical (unpaired) electrons. The third-order valence-corrected chi connectivity index (χ3v) is 6.10. The minimum Gasteiger partial charge on any atom is -0.489 e. The fourth-order valence-electron chi connectivity index (χ4n) is 3.14. The van der Waals surface area contributed by atoms with Gasteiger partial charge in [-0.3, -0.25) is 15.0 Å². The predicted molar refractivity (Wildman–Crippen MR) is 131 cm³/mol. The largest absolute Gasteiger partial charge is 0.489 e. The normalized spacial score (nSPS) is 14.7. The Hall–Kier alpha value is -3.42. The van der Waals surface area contributed by atoms with Crippen LogP contribution in [0.5, 0.6) is 5.75 Å². The number of carbonyl (C=O) groups excluding carboxylic acids is 2. The van der Waals surface area contributed by atoms with Gasteiger partial charge in [0.25, 0.3) is 11.8 Å². The Labute approximate surface area is 196 Å². The molecule has 2 amide bonds. The highest BCUT2D eigenvalue weighted by atomic mass is 32.2. The van der Waals surface area contributed by atoms with E-state index in [4.69, 9.17) is 17.0 Å². The minimum atomic E-state index is -0.378. The Morgan fingerprint density at radius 3 is 2.59 bits per heavy atom. The molecule has 32 heavy (non-hydrogen) atoms. The highest BCUT2D eigenvalue weighted by Gasteiger charge is 2.34. The lowest BCUT2D eigenvalue weighted by atomic mass is 10.1. The molecule has 0 spiro atoms. The highest BCUT2D eigenvalue weighted by Crippen LogP contribution is 2.32. The fraction of sp³-hybridized carbons (Fsp3) is 0.0800. The molecule has 1 saturated heterocycles. The van der Waals surface area contributed by atoms with Crippen LogP contribution in [0.2, 0.25) is 0 Å². The summed E-state index contributed by atoms with van der Waals surface area (Å²) in [5.41, 5.74) is 5.81. The van der Waals surface area contributed by atoms with Crippen LogP contribution in [0.4, 0.5) is 0 Å². The van der Waals surface area contributed by atoms with Gasteiger partial charge >= 0.3 is 0 Å². The number of thioether (sulfide) groups is 1. The summed E-state index contributed by atoms with van der Waals surface area (Å²) >= 11 is 6.47. The lowest BCUT2D eigenvalue weighted by molar-refractivity contribution is -0.123. The molecule has 160 valence electrons. The molecular formula is C25H20N2O3S2. The van der Waals surface area contributed by atoms with Crippen molar-refractivity contribution in [2.24, 2.45) is 0 Å². The first-order valence-corrected chi connectivity index (χ1v) is 11.1. The number of hydrogen-bond donors (Lipinski definition) is 1. The predicted octanol–water partition coefficient (Wildman–Crippen LogP) is 5.12. The number of rotatable bonds is 6. The van der Waals surface area contributed by atoms with Gasteiger partial charge in [0.1, 0.15) is 12.4 Å². The van der Waals surface area contributed by atoms with Gasteiger partial charge in [0.05, 0.1) is 4.91 Å². The van der Waals surface area contributed by atoms with E-state index in [-0.39, 0.29) is 16.1 Å². The van der Waals surface area contributed by atoms with E-state index in [0.717, 1.165) is 33.5 Å². The number of aryl methyl sites for hydroxylation is 1. The van der Waals surface area contributed by atoms with Crippen molar-refractivity contribution < 1.29 is 14.3 Å². The number of benzene rings is 3. The zero-order valence-electron chi connectivity index (χ0n) is 17.3. The van der Waals surface area contributed by atoms with E-state index >= 15 is 0 Å². The van der Waals surface area contributed by atoms with Gasteiger partial charge in [-0.25, -0.2) is 0 Å². The molecule has 1 heterocycles. The Morgan fingerprint density at radius 2 is 1.81 bits per heavy atom. The van der Waals surface area contributed by atoms with E-state index in [1.807, 2.05) is 73.7 Å². The van der Waals surface area contributed by atoms with E-state index < -0.39 is 0 Å². The molecule has 7 heteroatoms. The van der Waals surface area contributed by atoms with Crippen LogP contribution in [0.1, 0.15) is 27.0 Å². The van der Waals surface area contributed by atoms with Gasteiger partial charge in [0.15, 0.2) is 4.32 Å². The third kappa shape index (κ3) is 5.07. The number of thiocarbonyl (C=S) groups is 1. The Kier molecular flexibility index (Phi) is 6.68. The van der Waals surface area contributed by atoms with Crippen molar-refractivity contribution in [3.05, 3.63) is 106 Å². The lowest BCUT2D eigenvalue weighted by Crippen LogP contribution is -2.45. The second kappa shape index (κ2) is 9.80. The van der Waals surface area contributed by atoms with E-state index in [9.17, 15) is 9.59 Å². The van der Waals surface area contributed by atoms with Crippen LogP contribution < -0.4 is 10.2 Å². The second-order valence-electron chi connectivity index (χ2n) is 7.12. The van der Waals surface area contributed by atoms with Gasteiger partial charge in [0, 0.05) is 5.56 Å². The molecule has 4 rings (SSSR count). The maximum atomic E-state index is 12.9. The molecular weight excluding hydrogens is 440 g/mol. The Morgan fingerprint density at radius 1 is 1.06 bits per heavy atom. The lowest BCUT2D eigenvalue weighted by Gasteiger charge is -2.16. The number of amides is 2. The highest BCUT2D eigenvalue weighted by molar-refractivity contribution is 8.26. The van der Waals surface area contributed by atoms with Crippen molar-refractivity contribution in [2.75, 3.05) is 0 Å². The van der Waals surface area contributed by atoms with Crippen molar-refractivity contribution in [3.63, 3.8) is 0 Å². The first-order chi connectivity index (χ1) is 15.5. The van der Waals surface area contributed by atoms with Gasteiger partial charge in [-0.15, -0.1) is 0 Å². The maximum Gasteiger partial charge on any atom is 0.285 e. The van der Waals surface area contributed by atoms with Crippen LogP contribution in [0.3, 0.4) is 0 Å². The van der Waals surface area contributed by atoms with Crippen LogP contribution in [0.15, 0.2) is 83.8 Å². The molecule has 0 aromatic heterocycles. The molecule has 3 aromatic carbocycles. The second-order valence-corrected chi connectivity index (χ2v) is 8.80. The van der Waals surface area contributed by atoms with Gasteiger partial charge in [0.2, 0.25) is 0 Å². The number of nitrogens with zero attached hydrogens (tertiary/aromatic N) is 1.